The van der Waals surface area contributed by atoms with E-state index >= 15 is 0 Å². The van der Waals surface area contributed by atoms with Gasteiger partial charge in [-0.3, -0.25) is 9.59 Å². The van der Waals surface area contributed by atoms with E-state index in [0.29, 0.717) is 36.4 Å². The molecule has 2 atom stereocenters. The van der Waals surface area contributed by atoms with Gasteiger partial charge in [0.15, 0.2) is 0 Å². The minimum absolute atomic E-state index is 0.0502. The first-order valence-electron chi connectivity index (χ1n) is 10.8. The minimum atomic E-state index is -3.86. The number of benzene rings is 2. The smallest absolute Gasteiger partial charge is 0.250 e. The van der Waals surface area contributed by atoms with Crippen molar-refractivity contribution in [3.8, 4) is 0 Å². The normalized spacial score (nSPS) is 17.3. The molecule has 0 bridgehead atoms. The fourth-order valence-electron chi connectivity index (χ4n) is 4.11. The third-order valence-corrected chi connectivity index (χ3v) is 7.03. The molecule has 1 fully saturated rings. The highest BCUT2D eigenvalue weighted by molar-refractivity contribution is 7.89. The van der Waals surface area contributed by atoms with E-state index in [1.54, 1.807) is 52.9 Å². The zero-order chi connectivity index (χ0) is 25.2. The fourth-order valence-corrected chi connectivity index (χ4v) is 4.62. The van der Waals surface area contributed by atoms with E-state index in [0.717, 1.165) is 0 Å². The number of likely N-dealkylation sites (N-methyl/N-ethyl adjacent to an activating group) is 1. The number of anilines is 1. The van der Waals surface area contributed by atoms with Crippen LogP contribution in [0.15, 0.2) is 60.0 Å². The third-order valence-electron chi connectivity index (χ3n) is 6.10. The van der Waals surface area contributed by atoms with E-state index in [-0.39, 0.29) is 22.8 Å². The molecule has 182 valence electrons. The van der Waals surface area contributed by atoms with E-state index in [1.807, 2.05) is 6.92 Å². The average molecular weight is 489 g/mol. The number of hydrogen-bond acceptors (Lipinski definition) is 5. The summed E-state index contributed by atoms with van der Waals surface area (Å²) in [7, 11) is -2.18. The lowest BCUT2D eigenvalue weighted by Crippen LogP contribution is -2.56. The van der Waals surface area contributed by atoms with E-state index < -0.39 is 21.9 Å². The van der Waals surface area contributed by atoms with Crippen molar-refractivity contribution >= 4 is 27.5 Å². The first-order chi connectivity index (χ1) is 15.9. The lowest BCUT2D eigenvalue weighted by atomic mass is 10.0. The number of carbonyl (C=O) groups excluding carboxylic acids is 2. The molecule has 2 aromatic rings. The number of halogens is 1. The van der Waals surface area contributed by atoms with Gasteiger partial charge in [0.1, 0.15) is 11.9 Å². The Morgan fingerprint density at radius 3 is 2.38 bits per heavy atom. The van der Waals surface area contributed by atoms with Gasteiger partial charge in [0.25, 0.3) is 0 Å². The number of nitrogens with zero attached hydrogens (tertiary/aromatic N) is 3. The maximum Gasteiger partial charge on any atom is 0.250 e. The van der Waals surface area contributed by atoms with E-state index in [9.17, 15) is 22.4 Å². The number of nitrogens with two attached hydrogens (primary N) is 1. The molecule has 0 unspecified atom stereocenters. The molecule has 1 aliphatic heterocycles. The lowest BCUT2D eigenvalue weighted by molar-refractivity contribution is -0.140. The van der Waals surface area contributed by atoms with E-state index in [4.69, 9.17) is 5.14 Å². The molecule has 0 saturated carbocycles. The summed E-state index contributed by atoms with van der Waals surface area (Å²) in [4.78, 5) is 30.8. The zero-order valence-corrected chi connectivity index (χ0v) is 20.3. The van der Waals surface area contributed by atoms with Crippen LogP contribution in [-0.2, 0) is 19.6 Å². The number of carbonyl (C=O) groups is 2. The highest BCUT2D eigenvalue weighted by Gasteiger charge is 2.35. The predicted molar refractivity (Wildman–Crippen MR) is 128 cm³/mol. The second-order valence-corrected chi connectivity index (χ2v) is 9.99. The molecule has 3 rings (SSSR count). The Kier molecular flexibility index (Phi) is 7.42. The summed E-state index contributed by atoms with van der Waals surface area (Å²) in [6, 6.07) is 9.40. The Bertz CT molecular complexity index is 1200. The van der Waals surface area contributed by atoms with Gasteiger partial charge in [0, 0.05) is 38.4 Å². The Morgan fingerprint density at radius 2 is 1.85 bits per heavy atom. The number of aryl methyl sites for hydroxylation is 1. The summed E-state index contributed by atoms with van der Waals surface area (Å²) in [6.07, 6.45) is 1.25. The molecule has 1 heterocycles. The summed E-state index contributed by atoms with van der Waals surface area (Å²) in [5.41, 5.74) is 1.48. The summed E-state index contributed by atoms with van der Waals surface area (Å²) in [6.45, 7) is 8.03. The van der Waals surface area contributed by atoms with Gasteiger partial charge < -0.3 is 14.7 Å². The van der Waals surface area contributed by atoms with Crippen LogP contribution in [0.3, 0.4) is 0 Å². The van der Waals surface area contributed by atoms with Gasteiger partial charge in [-0.05, 0) is 61.4 Å². The first kappa shape index (κ1) is 25.4. The molecule has 0 aliphatic carbocycles. The first-order valence-corrected chi connectivity index (χ1v) is 12.3. The second-order valence-electron chi connectivity index (χ2n) is 8.43. The van der Waals surface area contributed by atoms with Gasteiger partial charge in [0.2, 0.25) is 21.8 Å². The standard InChI is InChI=1S/C24H29FN4O4S/c1-5-22(30)29-13-12-28(15-17(29)3)24(31)23(18-7-6-16(2)21(25)14-18)27(4)19-8-10-20(11-9-19)34(26,32)33/h5-11,14,17,23H,1,12-13,15H2,2-4H3,(H2,26,32,33)/t17-,23-/m1/s1. The largest absolute Gasteiger partial charge is 0.359 e. The Labute approximate surface area is 199 Å². The van der Waals surface area contributed by atoms with Crippen LogP contribution in [0.2, 0.25) is 0 Å². The van der Waals surface area contributed by atoms with E-state index in [2.05, 4.69) is 6.58 Å². The van der Waals surface area contributed by atoms with Crippen molar-refractivity contribution in [2.24, 2.45) is 5.14 Å². The van der Waals surface area contributed by atoms with Crippen molar-refractivity contribution in [3.63, 3.8) is 0 Å². The minimum Gasteiger partial charge on any atom is -0.359 e. The molecule has 0 spiro atoms. The van der Waals surface area contributed by atoms with Gasteiger partial charge >= 0.3 is 0 Å². The number of primary sulfonamides is 1. The van der Waals surface area contributed by atoms with Gasteiger partial charge in [-0.25, -0.2) is 17.9 Å². The Hall–Kier alpha value is -3.24. The van der Waals surface area contributed by atoms with Gasteiger partial charge in [-0.1, -0.05) is 18.7 Å². The van der Waals surface area contributed by atoms with Crippen LogP contribution < -0.4 is 10.0 Å². The molecule has 1 aliphatic rings. The molecule has 34 heavy (non-hydrogen) atoms. The summed E-state index contributed by atoms with van der Waals surface area (Å²) in [5, 5.41) is 5.19. The summed E-state index contributed by atoms with van der Waals surface area (Å²) >= 11 is 0. The number of rotatable bonds is 6. The zero-order valence-electron chi connectivity index (χ0n) is 19.4. The van der Waals surface area contributed by atoms with Crippen molar-refractivity contribution in [3.05, 3.63) is 72.1 Å². The Balaban J connectivity index is 1.96. The SMILES string of the molecule is C=CC(=O)N1CCN(C(=O)[C@@H](c2ccc(C)c(F)c2)N(C)c2ccc(S(N)(=O)=O)cc2)C[C@H]1C. The van der Waals surface area contributed by atoms with Gasteiger partial charge in [0.05, 0.1) is 4.90 Å². The molecule has 0 aromatic heterocycles. The highest BCUT2D eigenvalue weighted by atomic mass is 32.2. The number of piperazine rings is 1. The van der Waals surface area contributed by atoms with Gasteiger partial charge in [-0.15, -0.1) is 0 Å². The van der Waals surface area contributed by atoms with Crippen molar-refractivity contribution < 1.29 is 22.4 Å². The molecular weight excluding hydrogens is 459 g/mol. The topological polar surface area (TPSA) is 104 Å². The van der Waals surface area contributed by atoms with Crippen LogP contribution in [0.5, 0.6) is 0 Å². The maximum absolute atomic E-state index is 14.5. The molecule has 2 aromatic carbocycles. The second kappa shape index (κ2) is 9.94. The lowest BCUT2D eigenvalue weighted by Gasteiger charge is -2.42. The number of hydrogen-bond donors (Lipinski definition) is 1. The number of amides is 2. The van der Waals surface area contributed by atoms with Crippen molar-refractivity contribution in [1.82, 2.24) is 9.80 Å². The fraction of sp³-hybridized carbons (Fsp3) is 0.333. The van der Waals surface area contributed by atoms with Crippen molar-refractivity contribution in [2.75, 3.05) is 31.6 Å². The van der Waals surface area contributed by atoms with Crippen LogP contribution in [0.4, 0.5) is 10.1 Å². The predicted octanol–water partition coefficient (Wildman–Crippen LogP) is 2.20. The number of sulfonamides is 1. The summed E-state index contributed by atoms with van der Waals surface area (Å²) < 4.78 is 37.7. The maximum atomic E-state index is 14.5. The molecule has 2 amide bonds. The average Bonchev–Trinajstić information content (AvgIpc) is 2.80. The van der Waals surface area contributed by atoms with Crippen molar-refractivity contribution in [1.29, 1.82) is 0 Å². The van der Waals surface area contributed by atoms with Crippen LogP contribution in [0.25, 0.3) is 0 Å². The van der Waals surface area contributed by atoms with Gasteiger partial charge in [-0.2, -0.15) is 0 Å². The van der Waals surface area contributed by atoms with Crippen LogP contribution >= 0.6 is 0 Å². The summed E-state index contributed by atoms with van der Waals surface area (Å²) in [5.74, 6) is -0.870. The quantitative estimate of drug-likeness (QED) is 0.628. The van der Waals surface area contributed by atoms with Crippen molar-refractivity contribution in [2.45, 2.75) is 30.8 Å². The molecule has 2 N–H and O–H groups in total. The highest BCUT2D eigenvalue weighted by Crippen LogP contribution is 2.30. The molecule has 8 nitrogen and oxygen atoms in total. The van der Waals surface area contributed by atoms with E-state index in [1.165, 1.54) is 24.3 Å². The molecular formula is C24H29FN4O4S. The van der Waals surface area contributed by atoms with Crippen LogP contribution in [0, 0.1) is 12.7 Å². The van der Waals surface area contributed by atoms with Crippen LogP contribution in [-0.4, -0.2) is 62.8 Å². The molecule has 1 saturated heterocycles. The third kappa shape index (κ3) is 5.28. The van der Waals surface area contributed by atoms with Crippen LogP contribution in [0.1, 0.15) is 24.1 Å². The Morgan fingerprint density at radius 1 is 1.21 bits per heavy atom. The molecule has 10 heteroatoms. The molecule has 0 radical (unpaired) electrons. The monoisotopic (exact) mass is 488 g/mol.